The summed E-state index contributed by atoms with van der Waals surface area (Å²) in [6.45, 7) is 5.51. The molecule has 2 aliphatic rings. The molecule has 2 aliphatic heterocycles. The number of likely N-dealkylation sites (tertiary alicyclic amines) is 1. The molecule has 0 unspecified atom stereocenters. The van der Waals surface area contributed by atoms with Crippen LogP contribution in [0.2, 0.25) is 0 Å². The first-order chi connectivity index (χ1) is 13.3. The number of piperazine rings is 1. The predicted octanol–water partition coefficient (Wildman–Crippen LogP) is 0.476. The topological polar surface area (TPSA) is 77.1 Å². The van der Waals surface area contributed by atoms with Gasteiger partial charge in [-0.2, -0.15) is 0 Å². The molecular weight excluding hydrogens is 378 g/mol. The average molecular weight is 410 g/mol. The van der Waals surface area contributed by atoms with E-state index in [1.807, 2.05) is 23.1 Å². The summed E-state index contributed by atoms with van der Waals surface area (Å²) in [5.74, 6) is 1.17. The third-order valence-electron chi connectivity index (χ3n) is 5.84. The van der Waals surface area contributed by atoms with Gasteiger partial charge in [-0.25, -0.2) is 17.7 Å². The quantitative estimate of drug-likeness (QED) is 0.680. The van der Waals surface area contributed by atoms with Crippen molar-refractivity contribution in [3.05, 3.63) is 24.4 Å². The largest absolute Gasteiger partial charge is 0.353 e. The molecule has 0 radical (unpaired) electrons. The minimum Gasteiger partial charge on any atom is -0.353 e. The van der Waals surface area contributed by atoms with E-state index in [1.165, 1.54) is 10.6 Å². The van der Waals surface area contributed by atoms with Crippen LogP contribution in [0.1, 0.15) is 19.3 Å². The van der Waals surface area contributed by atoms with Crippen molar-refractivity contribution >= 4 is 21.7 Å². The fourth-order valence-electron chi connectivity index (χ4n) is 3.91. The smallest absolute Gasteiger partial charge is 0.223 e. The lowest BCUT2D eigenvalue weighted by molar-refractivity contribution is -0.131. The van der Waals surface area contributed by atoms with Gasteiger partial charge in [0, 0.05) is 58.4 Å². The van der Waals surface area contributed by atoms with Crippen molar-refractivity contribution in [2.75, 3.05) is 64.0 Å². The number of aromatic nitrogens is 1. The maximum absolute atomic E-state index is 12.6. The summed E-state index contributed by atoms with van der Waals surface area (Å²) in [4.78, 5) is 23.4. The van der Waals surface area contributed by atoms with Crippen molar-refractivity contribution in [3.63, 3.8) is 0 Å². The van der Waals surface area contributed by atoms with Crippen LogP contribution >= 0.6 is 0 Å². The van der Waals surface area contributed by atoms with E-state index >= 15 is 0 Å². The second-order valence-electron chi connectivity index (χ2n) is 7.66. The number of hydrogen-bond acceptors (Lipinski definition) is 6. The van der Waals surface area contributed by atoms with Gasteiger partial charge >= 0.3 is 0 Å². The lowest BCUT2D eigenvalue weighted by Gasteiger charge is -2.37. The number of rotatable bonds is 6. The first-order valence-electron chi connectivity index (χ1n) is 9.94. The number of hydrogen-bond donors (Lipinski definition) is 0. The van der Waals surface area contributed by atoms with Crippen LogP contribution in [0.4, 0.5) is 5.82 Å². The van der Waals surface area contributed by atoms with Gasteiger partial charge in [-0.15, -0.1) is 0 Å². The van der Waals surface area contributed by atoms with Gasteiger partial charge in [-0.1, -0.05) is 6.07 Å². The molecule has 0 bridgehead atoms. The lowest BCUT2D eigenvalue weighted by atomic mass is 10.1. The predicted molar refractivity (Wildman–Crippen MR) is 110 cm³/mol. The SMILES string of the molecule is CN(C1CCN(CCC(=O)N2CCN(c3ccccn3)CC2)CC1)S(C)(=O)=O. The normalized spacial score (nSPS) is 20.0. The second-order valence-corrected chi connectivity index (χ2v) is 9.70. The third kappa shape index (κ3) is 5.42. The Morgan fingerprint density at radius 3 is 2.39 bits per heavy atom. The molecule has 0 spiro atoms. The van der Waals surface area contributed by atoms with E-state index in [0.29, 0.717) is 6.42 Å². The number of nitrogens with zero attached hydrogens (tertiary/aromatic N) is 5. The van der Waals surface area contributed by atoms with Crippen molar-refractivity contribution in [2.45, 2.75) is 25.3 Å². The van der Waals surface area contributed by atoms with Gasteiger partial charge < -0.3 is 14.7 Å². The summed E-state index contributed by atoms with van der Waals surface area (Å²) in [6.07, 6.45) is 5.21. The highest BCUT2D eigenvalue weighted by Gasteiger charge is 2.28. The molecule has 9 heteroatoms. The lowest BCUT2D eigenvalue weighted by Crippen LogP contribution is -2.50. The molecule has 1 aromatic heterocycles. The maximum Gasteiger partial charge on any atom is 0.223 e. The zero-order valence-corrected chi connectivity index (χ0v) is 17.6. The summed E-state index contributed by atoms with van der Waals surface area (Å²) in [5, 5.41) is 0. The van der Waals surface area contributed by atoms with Gasteiger partial charge in [0.15, 0.2) is 0 Å². The molecule has 2 fully saturated rings. The number of carbonyl (C=O) groups is 1. The molecule has 0 atom stereocenters. The molecular formula is C19H31N5O3S. The monoisotopic (exact) mass is 409 g/mol. The average Bonchev–Trinajstić information content (AvgIpc) is 2.72. The third-order valence-corrected chi connectivity index (χ3v) is 7.19. The van der Waals surface area contributed by atoms with Crippen LogP contribution in [0.15, 0.2) is 24.4 Å². The second kappa shape index (κ2) is 9.19. The van der Waals surface area contributed by atoms with Crippen LogP contribution in [0, 0.1) is 0 Å². The van der Waals surface area contributed by atoms with Gasteiger partial charge in [0.25, 0.3) is 0 Å². The Labute approximate surface area is 168 Å². The number of carbonyl (C=O) groups excluding carboxylic acids is 1. The Bertz CT molecular complexity index is 742. The molecule has 8 nitrogen and oxygen atoms in total. The maximum atomic E-state index is 12.6. The van der Waals surface area contributed by atoms with Gasteiger partial charge in [0.05, 0.1) is 6.26 Å². The first-order valence-corrected chi connectivity index (χ1v) is 11.8. The van der Waals surface area contributed by atoms with Crippen LogP contribution in [-0.4, -0.2) is 98.6 Å². The minimum atomic E-state index is -3.14. The Kier molecular flexibility index (Phi) is 6.90. The summed E-state index contributed by atoms with van der Waals surface area (Å²) in [6, 6.07) is 5.96. The molecule has 3 rings (SSSR count). The molecule has 156 valence electrons. The fourth-order valence-corrected chi connectivity index (χ4v) is 4.67. The molecule has 0 aliphatic carbocycles. The van der Waals surface area contributed by atoms with E-state index in [1.54, 1.807) is 13.2 Å². The van der Waals surface area contributed by atoms with E-state index in [-0.39, 0.29) is 11.9 Å². The van der Waals surface area contributed by atoms with E-state index in [9.17, 15) is 13.2 Å². The standard InChI is InChI=1S/C19H31N5O3S/c1-21(28(2,26)27)17-6-10-22(11-7-17)12-8-19(25)24-15-13-23(14-16-24)18-5-3-4-9-20-18/h3-5,9,17H,6-8,10-16H2,1-2H3. The van der Waals surface area contributed by atoms with Gasteiger partial charge in [-0.05, 0) is 38.1 Å². The number of anilines is 1. The number of pyridine rings is 1. The van der Waals surface area contributed by atoms with Crippen molar-refractivity contribution in [2.24, 2.45) is 0 Å². The van der Waals surface area contributed by atoms with E-state index in [0.717, 1.165) is 64.5 Å². The Hall–Kier alpha value is -1.71. The Morgan fingerprint density at radius 2 is 1.82 bits per heavy atom. The highest BCUT2D eigenvalue weighted by atomic mass is 32.2. The first kappa shape index (κ1) is 21.0. The molecule has 28 heavy (non-hydrogen) atoms. The fraction of sp³-hybridized carbons (Fsp3) is 0.684. The van der Waals surface area contributed by atoms with Crippen LogP contribution in [0.25, 0.3) is 0 Å². The van der Waals surface area contributed by atoms with Crippen molar-refractivity contribution in [3.8, 4) is 0 Å². The van der Waals surface area contributed by atoms with E-state index in [2.05, 4.69) is 14.8 Å². The number of sulfonamides is 1. The summed E-state index contributed by atoms with van der Waals surface area (Å²) in [5.41, 5.74) is 0. The van der Waals surface area contributed by atoms with Crippen LogP contribution in [0.3, 0.4) is 0 Å². The zero-order valence-electron chi connectivity index (χ0n) is 16.8. The molecule has 3 heterocycles. The number of piperidine rings is 1. The van der Waals surface area contributed by atoms with E-state index in [4.69, 9.17) is 0 Å². The number of amides is 1. The summed E-state index contributed by atoms with van der Waals surface area (Å²) < 4.78 is 24.8. The highest BCUT2D eigenvalue weighted by molar-refractivity contribution is 7.88. The minimum absolute atomic E-state index is 0.0709. The van der Waals surface area contributed by atoms with Crippen molar-refractivity contribution < 1.29 is 13.2 Å². The molecule has 0 aromatic carbocycles. The Morgan fingerprint density at radius 1 is 1.14 bits per heavy atom. The van der Waals surface area contributed by atoms with Crippen LogP contribution < -0.4 is 4.90 Å². The molecule has 2 saturated heterocycles. The van der Waals surface area contributed by atoms with Gasteiger partial charge in [-0.3, -0.25) is 4.79 Å². The zero-order chi connectivity index (χ0) is 20.1. The van der Waals surface area contributed by atoms with Crippen molar-refractivity contribution in [1.82, 2.24) is 19.1 Å². The molecule has 1 amide bonds. The van der Waals surface area contributed by atoms with Gasteiger partial charge in [0.1, 0.15) is 5.82 Å². The molecule has 0 saturated carbocycles. The van der Waals surface area contributed by atoms with Crippen LogP contribution in [0.5, 0.6) is 0 Å². The van der Waals surface area contributed by atoms with Crippen LogP contribution in [-0.2, 0) is 14.8 Å². The Balaban J connectivity index is 1.38. The van der Waals surface area contributed by atoms with Gasteiger partial charge in [0.2, 0.25) is 15.9 Å². The summed E-state index contributed by atoms with van der Waals surface area (Å²) >= 11 is 0. The molecule has 0 N–H and O–H groups in total. The van der Waals surface area contributed by atoms with Crippen molar-refractivity contribution in [1.29, 1.82) is 0 Å². The summed E-state index contributed by atoms with van der Waals surface area (Å²) in [7, 11) is -1.48. The van der Waals surface area contributed by atoms with E-state index < -0.39 is 10.0 Å². The molecule has 1 aromatic rings. The highest BCUT2D eigenvalue weighted by Crippen LogP contribution is 2.18.